The van der Waals surface area contributed by atoms with Gasteiger partial charge in [0.05, 0.1) is 26.7 Å². The maximum absolute atomic E-state index is 13.0. The SMILES string of the molecule is O=c1c2c(nc3ccc(Cl)cn13)CCN(S(=O)(=O)c1cccc(C(F)(F)F)c1)C2. The monoisotopic (exact) mass is 443 g/mol. The van der Waals surface area contributed by atoms with Gasteiger partial charge < -0.3 is 0 Å². The Morgan fingerprint density at radius 2 is 1.90 bits per heavy atom. The third kappa shape index (κ3) is 3.52. The normalized spacial score (nSPS) is 15.4. The zero-order chi connectivity index (χ0) is 21.0. The van der Waals surface area contributed by atoms with Crippen LogP contribution in [-0.4, -0.2) is 28.7 Å². The molecule has 152 valence electrons. The van der Waals surface area contributed by atoms with Crippen LogP contribution in [0.15, 0.2) is 52.3 Å². The minimum atomic E-state index is -4.67. The number of alkyl halides is 3. The van der Waals surface area contributed by atoms with Crippen molar-refractivity contribution >= 4 is 27.3 Å². The molecule has 0 spiro atoms. The number of halogens is 4. The quantitative estimate of drug-likeness (QED) is 0.610. The molecule has 0 N–H and O–H groups in total. The van der Waals surface area contributed by atoms with Gasteiger partial charge in [0.1, 0.15) is 5.65 Å². The lowest BCUT2D eigenvalue weighted by Crippen LogP contribution is -2.40. The van der Waals surface area contributed by atoms with E-state index >= 15 is 0 Å². The number of pyridine rings is 1. The van der Waals surface area contributed by atoms with E-state index in [1.807, 2.05) is 0 Å². The Morgan fingerprint density at radius 1 is 1.14 bits per heavy atom. The van der Waals surface area contributed by atoms with E-state index in [9.17, 15) is 26.4 Å². The Bertz CT molecular complexity index is 1290. The van der Waals surface area contributed by atoms with Crippen molar-refractivity contribution in [1.82, 2.24) is 13.7 Å². The van der Waals surface area contributed by atoms with Crippen LogP contribution in [0.3, 0.4) is 0 Å². The van der Waals surface area contributed by atoms with Gasteiger partial charge in [0.25, 0.3) is 5.56 Å². The van der Waals surface area contributed by atoms with Crippen LogP contribution < -0.4 is 5.56 Å². The largest absolute Gasteiger partial charge is 0.416 e. The Kier molecular flexibility index (Phi) is 4.67. The molecule has 0 atom stereocenters. The lowest BCUT2D eigenvalue weighted by atomic mass is 10.1. The second kappa shape index (κ2) is 6.82. The van der Waals surface area contributed by atoms with Crippen LogP contribution >= 0.6 is 11.6 Å². The van der Waals surface area contributed by atoms with Gasteiger partial charge in [-0.3, -0.25) is 9.20 Å². The summed E-state index contributed by atoms with van der Waals surface area (Å²) in [6.45, 7) is -0.281. The third-order valence-corrected chi connectivity index (χ3v) is 6.76. The van der Waals surface area contributed by atoms with E-state index in [1.54, 1.807) is 12.1 Å². The zero-order valence-electron chi connectivity index (χ0n) is 14.6. The van der Waals surface area contributed by atoms with Crippen LogP contribution in [0.5, 0.6) is 0 Å². The molecule has 1 aliphatic rings. The van der Waals surface area contributed by atoms with E-state index in [2.05, 4.69) is 4.98 Å². The van der Waals surface area contributed by atoms with Gasteiger partial charge >= 0.3 is 6.18 Å². The number of rotatable bonds is 2. The summed E-state index contributed by atoms with van der Waals surface area (Å²) in [6, 6.07) is 6.70. The van der Waals surface area contributed by atoms with E-state index < -0.39 is 32.2 Å². The van der Waals surface area contributed by atoms with E-state index in [4.69, 9.17) is 11.6 Å². The molecule has 4 rings (SSSR count). The highest BCUT2D eigenvalue weighted by atomic mass is 35.5. The molecule has 0 amide bonds. The van der Waals surface area contributed by atoms with Crippen LogP contribution in [0, 0.1) is 0 Å². The predicted octanol–water partition coefficient (Wildman–Crippen LogP) is 3.11. The first-order chi connectivity index (χ1) is 13.6. The van der Waals surface area contributed by atoms with Crippen LogP contribution in [0.1, 0.15) is 16.8 Å². The molecule has 0 saturated heterocycles. The topological polar surface area (TPSA) is 71.8 Å². The van der Waals surface area contributed by atoms with Crippen molar-refractivity contribution in [1.29, 1.82) is 0 Å². The maximum atomic E-state index is 13.0. The molecule has 0 saturated carbocycles. The summed E-state index contributed by atoms with van der Waals surface area (Å²) in [5, 5.41) is 0.311. The van der Waals surface area contributed by atoms with Crippen molar-refractivity contribution < 1.29 is 21.6 Å². The first-order valence-electron chi connectivity index (χ1n) is 8.44. The van der Waals surface area contributed by atoms with Gasteiger partial charge in [-0.2, -0.15) is 17.5 Å². The molecule has 3 aromatic rings. The van der Waals surface area contributed by atoms with Crippen molar-refractivity contribution in [2.75, 3.05) is 6.54 Å². The molecule has 1 aliphatic heterocycles. The first kappa shape index (κ1) is 19.9. The molecular weight excluding hydrogens is 431 g/mol. The van der Waals surface area contributed by atoms with Gasteiger partial charge in [0.2, 0.25) is 10.0 Å². The number of hydrogen-bond acceptors (Lipinski definition) is 4. The van der Waals surface area contributed by atoms with Crippen LogP contribution in [-0.2, 0) is 29.2 Å². The van der Waals surface area contributed by atoms with Gasteiger partial charge in [-0.25, -0.2) is 13.4 Å². The number of sulfonamides is 1. The van der Waals surface area contributed by atoms with Crippen molar-refractivity contribution in [3.05, 3.63) is 74.8 Å². The lowest BCUT2D eigenvalue weighted by Gasteiger charge is -2.27. The minimum Gasteiger partial charge on any atom is -0.269 e. The van der Waals surface area contributed by atoms with Gasteiger partial charge in [-0.15, -0.1) is 0 Å². The highest BCUT2D eigenvalue weighted by molar-refractivity contribution is 7.89. The average molecular weight is 444 g/mol. The molecule has 29 heavy (non-hydrogen) atoms. The summed E-state index contributed by atoms with van der Waals surface area (Å²) < 4.78 is 66.9. The Balaban J connectivity index is 1.75. The van der Waals surface area contributed by atoms with Gasteiger partial charge in [-0.05, 0) is 30.3 Å². The summed E-state index contributed by atoms with van der Waals surface area (Å²) in [5.74, 6) is 0. The molecule has 0 unspecified atom stereocenters. The molecule has 0 aliphatic carbocycles. The van der Waals surface area contributed by atoms with E-state index in [0.717, 1.165) is 22.5 Å². The van der Waals surface area contributed by atoms with Gasteiger partial charge in [-0.1, -0.05) is 17.7 Å². The second-order valence-electron chi connectivity index (χ2n) is 6.53. The lowest BCUT2D eigenvalue weighted by molar-refractivity contribution is -0.137. The van der Waals surface area contributed by atoms with Crippen molar-refractivity contribution in [2.24, 2.45) is 0 Å². The molecule has 0 bridgehead atoms. The fourth-order valence-corrected chi connectivity index (χ4v) is 4.85. The summed E-state index contributed by atoms with van der Waals surface area (Å²) in [5.41, 5.74) is -0.499. The number of aromatic nitrogens is 2. The zero-order valence-corrected chi connectivity index (χ0v) is 16.2. The molecule has 1 aromatic carbocycles. The van der Waals surface area contributed by atoms with E-state index in [-0.39, 0.29) is 25.1 Å². The molecule has 0 fully saturated rings. The van der Waals surface area contributed by atoms with Crippen molar-refractivity contribution in [3.63, 3.8) is 0 Å². The number of benzene rings is 1. The molecule has 0 radical (unpaired) electrons. The predicted molar refractivity (Wildman–Crippen MR) is 99.2 cm³/mol. The maximum Gasteiger partial charge on any atom is 0.416 e. The summed E-state index contributed by atoms with van der Waals surface area (Å²) in [7, 11) is -4.23. The standard InChI is InChI=1S/C18H13ClF3N3O3S/c19-12-4-5-16-23-15-6-7-24(10-14(15)17(26)25(16)9-12)29(27,28)13-3-1-2-11(8-13)18(20,21)22/h1-5,8-9H,6-7,10H2. The van der Waals surface area contributed by atoms with E-state index in [0.29, 0.717) is 22.4 Å². The Hall–Kier alpha value is -2.43. The smallest absolute Gasteiger partial charge is 0.269 e. The minimum absolute atomic E-state index is 0.00177. The molecule has 6 nitrogen and oxygen atoms in total. The average Bonchev–Trinajstić information content (AvgIpc) is 2.68. The molecule has 3 heterocycles. The first-order valence-corrected chi connectivity index (χ1v) is 10.3. The highest BCUT2D eigenvalue weighted by Gasteiger charge is 2.34. The Morgan fingerprint density at radius 3 is 2.62 bits per heavy atom. The molecule has 2 aromatic heterocycles. The Labute approximate surface area is 168 Å². The van der Waals surface area contributed by atoms with Gasteiger partial charge in [0, 0.05) is 25.7 Å². The van der Waals surface area contributed by atoms with Crippen LogP contribution in [0.25, 0.3) is 5.65 Å². The van der Waals surface area contributed by atoms with Crippen molar-refractivity contribution in [3.8, 4) is 0 Å². The fraction of sp³-hybridized carbons (Fsp3) is 0.222. The summed E-state index contributed by atoms with van der Waals surface area (Å²) in [6.07, 6.45) is -3.12. The number of nitrogens with zero attached hydrogens (tertiary/aromatic N) is 3. The van der Waals surface area contributed by atoms with E-state index in [1.165, 1.54) is 10.6 Å². The summed E-state index contributed by atoms with van der Waals surface area (Å²) >= 11 is 5.92. The summed E-state index contributed by atoms with van der Waals surface area (Å²) in [4.78, 5) is 16.7. The number of fused-ring (bicyclic) bond motifs is 2. The van der Waals surface area contributed by atoms with Crippen LogP contribution in [0.2, 0.25) is 5.02 Å². The number of hydrogen-bond donors (Lipinski definition) is 0. The second-order valence-corrected chi connectivity index (χ2v) is 8.91. The van der Waals surface area contributed by atoms with Gasteiger partial charge in [0.15, 0.2) is 0 Å². The van der Waals surface area contributed by atoms with Crippen LogP contribution in [0.4, 0.5) is 13.2 Å². The third-order valence-electron chi connectivity index (χ3n) is 4.70. The molecular formula is C18H13ClF3N3O3S. The van der Waals surface area contributed by atoms with Crippen molar-refractivity contribution in [2.45, 2.75) is 24.0 Å². The highest BCUT2D eigenvalue weighted by Crippen LogP contribution is 2.32. The molecule has 11 heteroatoms. The fourth-order valence-electron chi connectivity index (χ4n) is 3.23.